The molecule has 1 aliphatic heterocycles. The predicted octanol–water partition coefficient (Wildman–Crippen LogP) is 2.91. The lowest BCUT2D eigenvalue weighted by atomic mass is 9.98. The molecule has 0 aliphatic carbocycles. The van der Waals surface area contributed by atoms with Crippen LogP contribution in [0.1, 0.15) is 41.3 Å². The summed E-state index contributed by atoms with van der Waals surface area (Å²) >= 11 is 0. The molecule has 8 heteroatoms. The average Bonchev–Trinajstić information content (AvgIpc) is 3.29. The summed E-state index contributed by atoms with van der Waals surface area (Å²) in [5.41, 5.74) is 2.61. The van der Waals surface area contributed by atoms with E-state index in [1.165, 1.54) is 4.80 Å². The number of hydrogen-bond acceptors (Lipinski definition) is 6. The van der Waals surface area contributed by atoms with E-state index in [-0.39, 0.29) is 18.1 Å². The third kappa shape index (κ3) is 3.87. The van der Waals surface area contributed by atoms with Crippen molar-refractivity contribution in [2.24, 2.45) is 0 Å². The van der Waals surface area contributed by atoms with Gasteiger partial charge in [0.1, 0.15) is 6.10 Å². The van der Waals surface area contributed by atoms with Crippen LogP contribution in [0.5, 0.6) is 5.88 Å². The van der Waals surface area contributed by atoms with Gasteiger partial charge >= 0.3 is 0 Å². The molecule has 0 radical (unpaired) electrons. The van der Waals surface area contributed by atoms with E-state index >= 15 is 0 Å². The minimum absolute atomic E-state index is 0.0695. The highest BCUT2D eigenvalue weighted by molar-refractivity contribution is 5.99. The van der Waals surface area contributed by atoms with E-state index in [4.69, 9.17) is 10.00 Å². The average molecular weight is 402 g/mol. The molecule has 3 heterocycles. The third-order valence-corrected chi connectivity index (χ3v) is 5.35. The molecular formula is C22H22N6O2. The van der Waals surface area contributed by atoms with E-state index in [0.29, 0.717) is 29.2 Å². The molecule has 152 valence electrons. The first kappa shape index (κ1) is 19.6. The molecule has 1 fully saturated rings. The van der Waals surface area contributed by atoms with Gasteiger partial charge in [0.15, 0.2) is 0 Å². The number of piperidine rings is 1. The van der Waals surface area contributed by atoms with Crippen molar-refractivity contribution in [2.75, 3.05) is 6.54 Å². The largest absolute Gasteiger partial charge is 0.472 e. The van der Waals surface area contributed by atoms with Gasteiger partial charge in [-0.05, 0) is 44.4 Å². The van der Waals surface area contributed by atoms with E-state index in [9.17, 15) is 4.79 Å². The molecule has 1 aromatic carbocycles. The van der Waals surface area contributed by atoms with Crippen LogP contribution in [0.15, 0.2) is 48.9 Å². The number of ether oxygens (including phenoxy) is 1. The second kappa shape index (κ2) is 8.33. The molecule has 8 nitrogen and oxygen atoms in total. The highest BCUT2D eigenvalue weighted by Crippen LogP contribution is 2.26. The smallest absolute Gasteiger partial charge is 0.256 e. The van der Waals surface area contributed by atoms with E-state index in [1.807, 2.05) is 36.9 Å². The Balaban J connectivity index is 1.59. The summed E-state index contributed by atoms with van der Waals surface area (Å²) in [6, 6.07) is 11.1. The first-order valence-corrected chi connectivity index (χ1v) is 9.87. The molecule has 3 aromatic rings. The molecule has 30 heavy (non-hydrogen) atoms. The molecule has 2 atom stereocenters. The van der Waals surface area contributed by atoms with E-state index < -0.39 is 0 Å². The fraction of sp³-hybridized carbons (Fsp3) is 0.318. The summed E-state index contributed by atoms with van der Waals surface area (Å²) in [6.07, 6.45) is 6.17. The summed E-state index contributed by atoms with van der Waals surface area (Å²) < 4.78 is 6.01. The zero-order valence-electron chi connectivity index (χ0n) is 16.9. The number of nitriles is 1. The second-order valence-electron chi connectivity index (χ2n) is 7.41. The highest BCUT2D eigenvalue weighted by Gasteiger charge is 2.33. The van der Waals surface area contributed by atoms with E-state index in [2.05, 4.69) is 21.3 Å². The molecule has 0 saturated carbocycles. The van der Waals surface area contributed by atoms with Gasteiger partial charge in [-0.1, -0.05) is 12.1 Å². The summed E-state index contributed by atoms with van der Waals surface area (Å²) in [5, 5.41) is 17.5. The van der Waals surface area contributed by atoms with Gasteiger partial charge < -0.3 is 9.64 Å². The number of carbonyl (C=O) groups is 1. The van der Waals surface area contributed by atoms with Crippen molar-refractivity contribution >= 4 is 5.91 Å². The molecule has 1 aliphatic rings. The Kier molecular flexibility index (Phi) is 5.44. The Labute approximate surface area is 174 Å². The fourth-order valence-electron chi connectivity index (χ4n) is 3.75. The van der Waals surface area contributed by atoms with Crippen molar-refractivity contribution in [1.82, 2.24) is 24.9 Å². The lowest BCUT2D eigenvalue weighted by Crippen LogP contribution is -2.49. The summed E-state index contributed by atoms with van der Waals surface area (Å²) in [4.78, 5) is 21.1. The van der Waals surface area contributed by atoms with Crippen LogP contribution in [0.2, 0.25) is 0 Å². The number of benzene rings is 1. The standard InChI is InChI=1S/C22H22N6O2/c1-15-4-3-5-19(28-25-10-11-26-28)21(15)22(29)27-14-18(7-6-16(27)2)30-20-12-17(13-23)8-9-24-20/h3-5,8-12,16,18H,6-7,14H2,1-2H3. The molecule has 0 bridgehead atoms. The Hall–Kier alpha value is -3.73. The highest BCUT2D eigenvalue weighted by atomic mass is 16.5. The number of likely N-dealkylation sites (tertiary alicyclic amines) is 1. The van der Waals surface area contributed by atoms with Crippen molar-refractivity contribution < 1.29 is 9.53 Å². The van der Waals surface area contributed by atoms with Gasteiger partial charge in [0.2, 0.25) is 5.88 Å². The maximum atomic E-state index is 13.6. The summed E-state index contributed by atoms with van der Waals surface area (Å²) in [7, 11) is 0. The van der Waals surface area contributed by atoms with Gasteiger partial charge in [-0.15, -0.1) is 0 Å². The summed E-state index contributed by atoms with van der Waals surface area (Å²) in [5.74, 6) is 0.332. The van der Waals surface area contributed by atoms with Crippen LogP contribution in [0.25, 0.3) is 5.69 Å². The van der Waals surface area contributed by atoms with Crippen LogP contribution in [0, 0.1) is 18.3 Å². The number of aryl methyl sites for hydroxylation is 1. The van der Waals surface area contributed by atoms with Crippen LogP contribution in [-0.4, -0.2) is 49.5 Å². The van der Waals surface area contributed by atoms with Crippen molar-refractivity contribution in [3.8, 4) is 17.6 Å². The Morgan fingerprint density at radius 1 is 1.20 bits per heavy atom. The van der Waals surface area contributed by atoms with E-state index in [1.54, 1.807) is 30.7 Å². The third-order valence-electron chi connectivity index (χ3n) is 5.35. The number of pyridine rings is 1. The zero-order chi connectivity index (χ0) is 21.1. The van der Waals surface area contributed by atoms with Crippen LogP contribution < -0.4 is 4.74 Å². The number of rotatable bonds is 4. The van der Waals surface area contributed by atoms with Gasteiger partial charge in [0.05, 0.1) is 41.8 Å². The Bertz CT molecular complexity index is 1090. The Morgan fingerprint density at radius 2 is 2.00 bits per heavy atom. The van der Waals surface area contributed by atoms with Gasteiger partial charge in [-0.3, -0.25) is 4.79 Å². The normalized spacial score (nSPS) is 18.6. The Morgan fingerprint density at radius 3 is 2.77 bits per heavy atom. The maximum absolute atomic E-state index is 13.6. The number of amides is 1. The molecular weight excluding hydrogens is 380 g/mol. The topological polar surface area (TPSA) is 96.9 Å². The maximum Gasteiger partial charge on any atom is 0.256 e. The number of hydrogen-bond donors (Lipinski definition) is 0. The molecule has 0 N–H and O–H groups in total. The minimum Gasteiger partial charge on any atom is -0.472 e. The van der Waals surface area contributed by atoms with Gasteiger partial charge in [0.25, 0.3) is 5.91 Å². The number of nitrogens with zero attached hydrogens (tertiary/aromatic N) is 6. The van der Waals surface area contributed by atoms with Crippen LogP contribution in [0.3, 0.4) is 0 Å². The zero-order valence-corrected chi connectivity index (χ0v) is 16.9. The fourth-order valence-corrected chi connectivity index (χ4v) is 3.75. The second-order valence-corrected chi connectivity index (χ2v) is 7.41. The molecule has 1 saturated heterocycles. The lowest BCUT2D eigenvalue weighted by molar-refractivity contribution is 0.0372. The number of carbonyl (C=O) groups excluding carboxylic acids is 1. The van der Waals surface area contributed by atoms with Gasteiger partial charge in [-0.2, -0.15) is 20.3 Å². The van der Waals surface area contributed by atoms with Crippen molar-refractivity contribution in [3.63, 3.8) is 0 Å². The van der Waals surface area contributed by atoms with Crippen LogP contribution >= 0.6 is 0 Å². The molecule has 0 spiro atoms. The first-order valence-electron chi connectivity index (χ1n) is 9.87. The monoisotopic (exact) mass is 402 g/mol. The van der Waals surface area contributed by atoms with Crippen LogP contribution in [-0.2, 0) is 0 Å². The molecule has 1 amide bonds. The van der Waals surface area contributed by atoms with Gasteiger partial charge in [-0.25, -0.2) is 4.98 Å². The van der Waals surface area contributed by atoms with E-state index in [0.717, 1.165) is 18.4 Å². The van der Waals surface area contributed by atoms with Gasteiger partial charge in [0, 0.05) is 18.3 Å². The van der Waals surface area contributed by atoms with Crippen molar-refractivity contribution in [3.05, 3.63) is 65.6 Å². The predicted molar refractivity (Wildman–Crippen MR) is 109 cm³/mol. The molecule has 4 rings (SSSR count). The lowest BCUT2D eigenvalue weighted by Gasteiger charge is -2.38. The quantitative estimate of drug-likeness (QED) is 0.666. The minimum atomic E-state index is -0.193. The number of aromatic nitrogens is 4. The van der Waals surface area contributed by atoms with Crippen LogP contribution in [0.4, 0.5) is 0 Å². The van der Waals surface area contributed by atoms with Crippen molar-refractivity contribution in [1.29, 1.82) is 5.26 Å². The molecule has 2 unspecified atom stereocenters. The first-order chi connectivity index (χ1) is 14.6. The summed E-state index contributed by atoms with van der Waals surface area (Å²) in [6.45, 7) is 4.41. The SMILES string of the molecule is Cc1cccc(-n2nccn2)c1C(=O)N1CC(Oc2cc(C#N)ccn2)CCC1C. The molecule has 2 aromatic heterocycles. The van der Waals surface area contributed by atoms with Crippen molar-refractivity contribution in [2.45, 2.75) is 38.8 Å².